The number of carboxylic acid groups (broad SMARTS) is 1. The van der Waals surface area contributed by atoms with Crippen molar-refractivity contribution in [3.8, 4) is 11.1 Å². The molecule has 0 bridgehead atoms. The van der Waals surface area contributed by atoms with Crippen LogP contribution in [0.15, 0.2) is 48.5 Å². The average Bonchev–Trinajstić information content (AvgIpc) is 3.41. The number of nitrogens with zero attached hydrogens (tertiary/aromatic N) is 1. The number of benzene rings is 2. The van der Waals surface area contributed by atoms with Gasteiger partial charge >= 0.3 is 12.1 Å². The summed E-state index contributed by atoms with van der Waals surface area (Å²) in [5.41, 5.74) is 4.70. The molecule has 2 N–H and O–H groups in total. The molecule has 0 spiro atoms. The summed E-state index contributed by atoms with van der Waals surface area (Å²) in [7, 11) is 1.53. The third-order valence-corrected chi connectivity index (χ3v) is 7.57. The van der Waals surface area contributed by atoms with E-state index in [-0.39, 0.29) is 42.9 Å². The number of nitrogens with one attached hydrogen (secondary N) is 1. The topological polar surface area (TPSA) is 105 Å². The van der Waals surface area contributed by atoms with Crippen molar-refractivity contribution < 1.29 is 29.0 Å². The van der Waals surface area contributed by atoms with Crippen LogP contribution in [0.1, 0.15) is 42.7 Å². The molecule has 2 aliphatic carbocycles. The van der Waals surface area contributed by atoms with Gasteiger partial charge < -0.3 is 24.8 Å². The third kappa shape index (κ3) is 4.62. The van der Waals surface area contributed by atoms with Crippen LogP contribution in [0.2, 0.25) is 0 Å². The van der Waals surface area contributed by atoms with Crippen LogP contribution in [0.4, 0.5) is 4.79 Å². The number of rotatable bonds is 7. The lowest BCUT2D eigenvalue weighted by atomic mass is 9.78. The van der Waals surface area contributed by atoms with Crippen LogP contribution in [0, 0.1) is 5.92 Å². The van der Waals surface area contributed by atoms with Gasteiger partial charge in [-0.05, 0) is 41.0 Å². The van der Waals surface area contributed by atoms with Crippen molar-refractivity contribution in [3.05, 3.63) is 59.7 Å². The number of carboxylic acids is 1. The molecule has 2 atom stereocenters. The zero-order chi connectivity index (χ0) is 24.5. The first-order valence-electron chi connectivity index (χ1n) is 12.1. The maximum atomic E-state index is 12.7. The number of hydrogen-bond acceptors (Lipinski definition) is 5. The Morgan fingerprint density at radius 3 is 2.23 bits per heavy atom. The first-order chi connectivity index (χ1) is 16.9. The molecule has 1 aliphatic heterocycles. The van der Waals surface area contributed by atoms with Crippen molar-refractivity contribution in [2.75, 3.05) is 20.3 Å². The quantitative estimate of drug-likeness (QED) is 0.632. The Balaban J connectivity index is 1.09. The molecule has 1 heterocycles. The molecule has 2 aromatic rings. The first kappa shape index (κ1) is 23.4. The molecule has 2 aromatic carbocycles. The van der Waals surface area contributed by atoms with Crippen LogP contribution < -0.4 is 5.32 Å². The fourth-order valence-corrected chi connectivity index (χ4v) is 5.67. The Hall–Kier alpha value is -3.39. The van der Waals surface area contributed by atoms with E-state index in [4.69, 9.17) is 9.47 Å². The van der Waals surface area contributed by atoms with E-state index in [0.717, 1.165) is 0 Å². The van der Waals surface area contributed by atoms with E-state index >= 15 is 0 Å². The highest BCUT2D eigenvalue weighted by molar-refractivity contribution is 5.84. The number of ether oxygens (including phenoxy) is 2. The monoisotopic (exact) mass is 478 g/mol. The largest absolute Gasteiger partial charge is 0.480 e. The predicted molar refractivity (Wildman–Crippen MR) is 128 cm³/mol. The Labute approximate surface area is 204 Å². The summed E-state index contributed by atoms with van der Waals surface area (Å²) in [5, 5.41) is 12.3. The zero-order valence-electron chi connectivity index (χ0n) is 19.7. The molecule has 2 fully saturated rings. The number of carbonyl (C=O) groups excluding carboxylic acids is 2. The molecule has 184 valence electrons. The summed E-state index contributed by atoms with van der Waals surface area (Å²) in [6, 6.07) is 15.5. The smallest absolute Gasteiger partial charge is 0.407 e. The van der Waals surface area contributed by atoms with Crippen LogP contribution >= 0.6 is 0 Å². The Kier molecular flexibility index (Phi) is 6.47. The fourth-order valence-electron chi connectivity index (χ4n) is 5.67. The lowest BCUT2D eigenvalue weighted by molar-refractivity contribution is -0.148. The minimum atomic E-state index is -0.999. The minimum Gasteiger partial charge on any atom is -0.480 e. The van der Waals surface area contributed by atoms with E-state index in [0.29, 0.717) is 25.8 Å². The molecule has 1 saturated heterocycles. The number of carbonyl (C=O) groups is 3. The number of alkyl carbamates (subject to hydrolysis) is 1. The summed E-state index contributed by atoms with van der Waals surface area (Å²) in [5.74, 6) is -1.03. The molecule has 35 heavy (non-hydrogen) atoms. The van der Waals surface area contributed by atoms with E-state index in [1.165, 1.54) is 34.3 Å². The number of methoxy groups -OCH3 is 1. The van der Waals surface area contributed by atoms with Gasteiger partial charge in [-0.2, -0.15) is 0 Å². The number of amides is 2. The van der Waals surface area contributed by atoms with Gasteiger partial charge in [0, 0.05) is 38.5 Å². The SMILES string of the molecule is COC1CC(C(=O)O)N(C(=O)CC2CC(NC(=O)OCC3c4ccccc4-c4ccccc43)C2)C1. The van der Waals surface area contributed by atoms with Crippen molar-refractivity contribution in [1.82, 2.24) is 10.2 Å². The lowest BCUT2D eigenvalue weighted by Gasteiger charge is -2.36. The van der Waals surface area contributed by atoms with Crippen molar-refractivity contribution in [1.29, 1.82) is 0 Å². The molecule has 8 nitrogen and oxygen atoms in total. The maximum absolute atomic E-state index is 12.7. The minimum absolute atomic E-state index is 0.0125. The second kappa shape index (κ2) is 9.70. The van der Waals surface area contributed by atoms with Gasteiger partial charge in [-0.1, -0.05) is 48.5 Å². The predicted octanol–water partition coefficient (Wildman–Crippen LogP) is 3.39. The normalized spacial score (nSPS) is 24.9. The van der Waals surface area contributed by atoms with Crippen molar-refractivity contribution in [2.45, 2.75) is 49.8 Å². The molecular formula is C27H30N2O6. The maximum Gasteiger partial charge on any atom is 0.407 e. The number of hydrogen-bond donors (Lipinski definition) is 2. The number of likely N-dealkylation sites (tertiary alicyclic amines) is 1. The second-order valence-electron chi connectivity index (χ2n) is 9.70. The van der Waals surface area contributed by atoms with Crippen LogP contribution in [0.3, 0.4) is 0 Å². The molecule has 0 radical (unpaired) electrons. The van der Waals surface area contributed by atoms with Gasteiger partial charge in [0.15, 0.2) is 0 Å². The average molecular weight is 479 g/mol. The Bertz CT molecular complexity index is 1080. The highest BCUT2D eigenvalue weighted by Crippen LogP contribution is 2.44. The summed E-state index contributed by atoms with van der Waals surface area (Å²) >= 11 is 0. The van der Waals surface area contributed by atoms with Gasteiger partial charge in [0.25, 0.3) is 0 Å². The summed E-state index contributed by atoms with van der Waals surface area (Å²) in [4.78, 5) is 38.1. The molecule has 2 unspecified atom stereocenters. The summed E-state index contributed by atoms with van der Waals surface area (Å²) in [6.45, 7) is 0.571. The number of aliphatic carboxylic acids is 1. The summed E-state index contributed by atoms with van der Waals surface area (Å²) in [6.07, 6.45) is 1.25. The van der Waals surface area contributed by atoms with Crippen molar-refractivity contribution in [3.63, 3.8) is 0 Å². The molecule has 5 rings (SSSR count). The van der Waals surface area contributed by atoms with Crippen LogP contribution in [0.25, 0.3) is 11.1 Å². The molecule has 3 aliphatic rings. The van der Waals surface area contributed by atoms with Gasteiger partial charge in [0.05, 0.1) is 6.10 Å². The van der Waals surface area contributed by atoms with E-state index in [1.807, 2.05) is 24.3 Å². The number of fused-ring (bicyclic) bond motifs is 3. The highest BCUT2D eigenvalue weighted by atomic mass is 16.5. The van der Waals surface area contributed by atoms with E-state index in [9.17, 15) is 19.5 Å². The Morgan fingerprint density at radius 2 is 1.63 bits per heavy atom. The standard InChI is InChI=1S/C27H30N2O6/c1-34-18-13-24(26(31)32)29(14-18)25(30)12-16-10-17(11-16)28-27(33)35-15-23-21-8-4-2-6-19(21)20-7-3-5-9-22(20)23/h2-9,16-18,23-24H,10-15H2,1H3,(H,28,33)(H,31,32). The molecule has 1 saturated carbocycles. The fraction of sp³-hybridized carbons (Fsp3) is 0.444. The lowest BCUT2D eigenvalue weighted by Crippen LogP contribution is -2.47. The van der Waals surface area contributed by atoms with Crippen molar-refractivity contribution in [2.24, 2.45) is 5.92 Å². The van der Waals surface area contributed by atoms with E-state index < -0.39 is 18.1 Å². The van der Waals surface area contributed by atoms with Gasteiger partial charge in [-0.25, -0.2) is 9.59 Å². The first-order valence-corrected chi connectivity index (χ1v) is 12.1. The molecule has 8 heteroatoms. The van der Waals surface area contributed by atoms with Gasteiger partial charge in [0.2, 0.25) is 5.91 Å². The molecule has 0 aromatic heterocycles. The molecule has 2 amide bonds. The van der Waals surface area contributed by atoms with Crippen LogP contribution in [0.5, 0.6) is 0 Å². The van der Waals surface area contributed by atoms with Gasteiger partial charge in [-0.15, -0.1) is 0 Å². The van der Waals surface area contributed by atoms with Crippen LogP contribution in [-0.2, 0) is 19.1 Å². The van der Waals surface area contributed by atoms with Gasteiger partial charge in [-0.3, -0.25) is 4.79 Å². The van der Waals surface area contributed by atoms with E-state index in [1.54, 1.807) is 0 Å². The Morgan fingerprint density at radius 1 is 1.00 bits per heavy atom. The van der Waals surface area contributed by atoms with Gasteiger partial charge in [0.1, 0.15) is 12.6 Å². The highest BCUT2D eigenvalue weighted by Gasteiger charge is 2.41. The second-order valence-corrected chi connectivity index (χ2v) is 9.70. The van der Waals surface area contributed by atoms with E-state index in [2.05, 4.69) is 29.6 Å². The third-order valence-electron chi connectivity index (χ3n) is 7.57. The van der Waals surface area contributed by atoms with Crippen molar-refractivity contribution >= 4 is 18.0 Å². The summed E-state index contributed by atoms with van der Waals surface area (Å²) < 4.78 is 10.9. The zero-order valence-corrected chi connectivity index (χ0v) is 19.7. The van der Waals surface area contributed by atoms with Crippen LogP contribution in [-0.4, -0.2) is 66.4 Å². The molecular weight excluding hydrogens is 448 g/mol.